The van der Waals surface area contributed by atoms with Crippen LogP contribution in [-0.4, -0.2) is 29.3 Å². The molecular weight excluding hydrogens is 278 g/mol. The van der Waals surface area contributed by atoms with Gasteiger partial charge in [0.2, 0.25) is 0 Å². The van der Waals surface area contributed by atoms with Gasteiger partial charge in [-0.05, 0) is 25.1 Å². The molecule has 3 nitrogen and oxygen atoms in total. The highest BCUT2D eigenvalue weighted by molar-refractivity contribution is 6.67. The predicted molar refractivity (Wildman–Crippen MR) is 94.9 cm³/mol. The summed E-state index contributed by atoms with van der Waals surface area (Å²) in [6, 6.07) is 2.21. The van der Waals surface area contributed by atoms with Crippen LogP contribution in [0.5, 0.6) is 0 Å². The fourth-order valence-corrected chi connectivity index (χ4v) is 5.18. The zero-order valence-electron chi connectivity index (χ0n) is 14.8. The monoisotopic (exact) mass is 317 g/mol. The highest BCUT2D eigenvalue weighted by atomic mass is 28.4. The van der Waals surface area contributed by atoms with Crippen LogP contribution in [0, 0.1) is 0 Å². The maximum absolute atomic E-state index is 5.65. The molecule has 0 aromatic rings. The van der Waals surface area contributed by atoms with E-state index < -0.39 is 8.56 Å². The van der Waals surface area contributed by atoms with E-state index in [4.69, 9.17) is 14.6 Å². The first-order chi connectivity index (χ1) is 10.2. The lowest BCUT2D eigenvalue weighted by atomic mass is 10.1. The quantitative estimate of drug-likeness (QED) is 0.322. The van der Waals surface area contributed by atoms with E-state index in [1.807, 2.05) is 14.2 Å². The molecule has 0 radical (unpaired) electrons. The van der Waals surface area contributed by atoms with Gasteiger partial charge in [0, 0.05) is 14.2 Å². The molecule has 0 rings (SSSR count). The van der Waals surface area contributed by atoms with Crippen molar-refractivity contribution in [1.82, 2.24) is 0 Å². The highest BCUT2D eigenvalue weighted by Gasteiger charge is 2.32. The van der Waals surface area contributed by atoms with E-state index in [1.165, 1.54) is 70.6 Å². The Hall–Kier alpha value is 0.0969. The SMILES string of the molecule is CC[Si](CCCCCCCCCCCCCN)(OC)OC. The normalized spacial score (nSPS) is 12.0. The van der Waals surface area contributed by atoms with Gasteiger partial charge in [0.25, 0.3) is 0 Å². The third-order valence-electron chi connectivity index (χ3n) is 4.54. The summed E-state index contributed by atoms with van der Waals surface area (Å²) in [5, 5.41) is 0. The summed E-state index contributed by atoms with van der Waals surface area (Å²) in [4.78, 5) is 0. The van der Waals surface area contributed by atoms with Crippen molar-refractivity contribution >= 4 is 8.56 Å². The molecule has 0 amide bonds. The summed E-state index contributed by atoms with van der Waals surface area (Å²) >= 11 is 0. The molecule has 0 bridgehead atoms. The Labute approximate surface area is 134 Å². The molecule has 0 heterocycles. The smallest absolute Gasteiger partial charge is 0.337 e. The van der Waals surface area contributed by atoms with Gasteiger partial charge in [-0.15, -0.1) is 0 Å². The number of unbranched alkanes of at least 4 members (excludes halogenated alkanes) is 10. The molecule has 0 aliphatic carbocycles. The average molecular weight is 318 g/mol. The molecule has 0 aliphatic rings. The van der Waals surface area contributed by atoms with Crippen molar-refractivity contribution in [3.05, 3.63) is 0 Å². The minimum Gasteiger partial charge on any atom is -0.398 e. The summed E-state index contributed by atoms with van der Waals surface area (Å²) in [6.07, 6.45) is 14.9. The van der Waals surface area contributed by atoms with E-state index in [1.54, 1.807) is 0 Å². The Bertz CT molecular complexity index is 203. The van der Waals surface area contributed by atoms with Crippen LogP contribution in [0.4, 0.5) is 0 Å². The number of hydrogen-bond acceptors (Lipinski definition) is 3. The Morgan fingerprint density at radius 2 is 1.05 bits per heavy atom. The van der Waals surface area contributed by atoms with Crippen LogP contribution in [0.15, 0.2) is 0 Å². The molecule has 21 heavy (non-hydrogen) atoms. The van der Waals surface area contributed by atoms with Gasteiger partial charge in [0.15, 0.2) is 0 Å². The Kier molecular flexibility index (Phi) is 15.1. The molecule has 0 saturated carbocycles. The van der Waals surface area contributed by atoms with Gasteiger partial charge in [-0.3, -0.25) is 0 Å². The van der Waals surface area contributed by atoms with E-state index in [9.17, 15) is 0 Å². The van der Waals surface area contributed by atoms with Crippen molar-refractivity contribution in [3.63, 3.8) is 0 Å². The van der Waals surface area contributed by atoms with Gasteiger partial charge in [0.05, 0.1) is 0 Å². The molecule has 2 N–H and O–H groups in total. The minimum absolute atomic E-state index is 0.855. The van der Waals surface area contributed by atoms with Gasteiger partial charge in [-0.25, -0.2) is 0 Å². The molecule has 4 heteroatoms. The van der Waals surface area contributed by atoms with Gasteiger partial charge in [0.1, 0.15) is 0 Å². The van der Waals surface area contributed by atoms with Crippen LogP contribution in [-0.2, 0) is 8.85 Å². The first-order valence-electron chi connectivity index (χ1n) is 9.05. The van der Waals surface area contributed by atoms with E-state index >= 15 is 0 Å². The van der Waals surface area contributed by atoms with Crippen molar-refractivity contribution < 1.29 is 8.85 Å². The van der Waals surface area contributed by atoms with Crippen LogP contribution in [0.1, 0.15) is 77.6 Å². The van der Waals surface area contributed by atoms with E-state index in [0.29, 0.717) is 0 Å². The van der Waals surface area contributed by atoms with Crippen LogP contribution < -0.4 is 5.73 Å². The summed E-state index contributed by atoms with van der Waals surface area (Å²) in [6.45, 7) is 3.04. The van der Waals surface area contributed by atoms with Crippen LogP contribution >= 0.6 is 0 Å². The van der Waals surface area contributed by atoms with Gasteiger partial charge in [-0.2, -0.15) is 0 Å². The fraction of sp³-hybridized carbons (Fsp3) is 1.00. The van der Waals surface area contributed by atoms with Gasteiger partial charge >= 0.3 is 8.56 Å². The second kappa shape index (κ2) is 15.0. The van der Waals surface area contributed by atoms with Gasteiger partial charge in [-0.1, -0.05) is 71.1 Å². The fourth-order valence-electron chi connectivity index (χ4n) is 2.88. The van der Waals surface area contributed by atoms with Crippen molar-refractivity contribution in [1.29, 1.82) is 0 Å². The summed E-state index contributed by atoms with van der Waals surface area (Å²) in [5.74, 6) is 0. The molecule has 0 spiro atoms. The van der Waals surface area contributed by atoms with E-state index in [2.05, 4.69) is 6.92 Å². The molecule has 0 aromatic heterocycles. The predicted octanol–water partition coefficient (Wildman–Crippen LogP) is 4.99. The van der Waals surface area contributed by atoms with Crippen molar-refractivity contribution in [2.24, 2.45) is 5.73 Å². The average Bonchev–Trinajstić information content (AvgIpc) is 2.53. The Balaban J connectivity index is 3.29. The van der Waals surface area contributed by atoms with Crippen molar-refractivity contribution in [2.75, 3.05) is 20.8 Å². The molecule has 0 fully saturated rings. The lowest BCUT2D eigenvalue weighted by Crippen LogP contribution is -2.38. The van der Waals surface area contributed by atoms with Crippen molar-refractivity contribution in [3.8, 4) is 0 Å². The lowest BCUT2D eigenvalue weighted by molar-refractivity contribution is 0.241. The molecule has 0 aromatic carbocycles. The molecule has 0 unspecified atom stereocenters. The molecular formula is C17H39NO2Si. The zero-order chi connectivity index (χ0) is 15.8. The summed E-state index contributed by atoms with van der Waals surface area (Å²) in [5.41, 5.74) is 5.49. The number of rotatable bonds is 16. The first-order valence-corrected chi connectivity index (χ1v) is 11.3. The van der Waals surface area contributed by atoms with Crippen LogP contribution in [0.25, 0.3) is 0 Å². The van der Waals surface area contributed by atoms with Gasteiger partial charge < -0.3 is 14.6 Å². The second-order valence-electron chi connectivity index (χ2n) is 6.10. The molecule has 0 atom stereocenters. The Morgan fingerprint density at radius 1 is 0.667 bits per heavy atom. The molecule has 0 aliphatic heterocycles. The zero-order valence-corrected chi connectivity index (χ0v) is 15.8. The topological polar surface area (TPSA) is 44.5 Å². The summed E-state index contributed by atoms with van der Waals surface area (Å²) < 4.78 is 11.3. The third kappa shape index (κ3) is 11.3. The number of hydrogen-bond donors (Lipinski definition) is 1. The first kappa shape index (κ1) is 21.1. The molecule has 128 valence electrons. The van der Waals surface area contributed by atoms with Crippen LogP contribution in [0.3, 0.4) is 0 Å². The molecule has 0 saturated heterocycles. The minimum atomic E-state index is -1.82. The van der Waals surface area contributed by atoms with E-state index in [-0.39, 0.29) is 0 Å². The van der Waals surface area contributed by atoms with Crippen molar-refractivity contribution in [2.45, 2.75) is 89.6 Å². The lowest BCUT2D eigenvalue weighted by Gasteiger charge is -2.25. The maximum Gasteiger partial charge on any atom is 0.337 e. The van der Waals surface area contributed by atoms with Crippen LogP contribution in [0.2, 0.25) is 12.1 Å². The maximum atomic E-state index is 5.65. The largest absolute Gasteiger partial charge is 0.398 e. The standard InChI is InChI=1S/C17H39NO2Si/c1-4-21(19-2,20-3)17-15-13-11-9-7-5-6-8-10-12-14-16-18/h4-18H2,1-3H3. The number of nitrogens with two attached hydrogens (primary N) is 1. The highest BCUT2D eigenvalue weighted by Crippen LogP contribution is 2.21. The summed E-state index contributed by atoms with van der Waals surface area (Å²) in [7, 11) is 1.80. The van der Waals surface area contributed by atoms with E-state index in [0.717, 1.165) is 18.6 Å². The Morgan fingerprint density at radius 3 is 1.38 bits per heavy atom. The third-order valence-corrected chi connectivity index (χ3v) is 8.23. The second-order valence-corrected chi connectivity index (χ2v) is 9.95.